The largest absolute Gasteiger partial charge is 0.338 e. The third-order valence-corrected chi connectivity index (χ3v) is 4.05. The molecule has 1 atom stereocenters. The summed E-state index contributed by atoms with van der Waals surface area (Å²) in [5.41, 5.74) is 1.19. The van der Waals surface area contributed by atoms with Gasteiger partial charge in [-0.15, -0.1) is 0 Å². The Morgan fingerprint density at radius 3 is 2.48 bits per heavy atom. The molecule has 0 radical (unpaired) electrons. The summed E-state index contributed by atoms with van der Waals surface area (Å²) < 4.78 is 5.23. The van der Waals surface area contributed by atoms with Crippen molar-refractivity contribution in [3.8, 4) is 0 Å². The third-order valence-electron chi connectivity index (χ3n) is 4.05. The quantitative estimate of drug-likeness (QED) is 0.834. The van der Waals surface area contributed by atoms with Crippen molar-refractivity contribution in [2.75, 3.05) is 26.2 Å². The summed E-state index contributed by atoms with van der Waals surface area (Å²) in [5, 5.41) is 3.83. The van der Waals surface area contributed by atoms with Crippen LogP contribution in [0.4, 0.5) is 0 Å². The molecule has 0 aliphatic carbocycles. The molecule has 1 amide bonds. The highest BCUT2D eigenvalue weighted by atomic mass is 16.5. The molecule has 122 valence electrons. The Morgan fingerprint density at radius 2 is 1.91 bits per heavy atom. The molecule has 8 heteroatoms. The van der Waals surface area contributed by atoms with Crippen LogP contribution < -0.4 is 0 Å². The van der Waals surface area contributed by atoms with Gasteiger partial charge in [-0.2, -0.15) is 4.98 Å². The van der Waals surface area contributed by atoms with Gasteiger partial charge in [-0.3, -0.25) is 14.7 Å². The van der Waals surface area contributed by atoms with Crippen LogP contribution in [0.3, 0.4) is 0 Å². The standard InChI is InChI=1S/C15H20N6O2/c1-10-8-17-13(9-16-10)15(22)21-6-4-20(5-7-21)11(2)14-18-12(3)19-23-14/h8-9,11H,4-7H2,1-3H3. The monoisotopic (exact) mass is 316 g/mol. The number of piperazine rings is 1. The first-order valence-corrected chi connectivity index (χ1v) is 7.67. The number of aryl methyl sites for hydroxylation is 2. The van der Waals surface area contributed by atoms with Crippen molar-refractivity contribution in [3.05, 3.63) is 35.5 Å². The summed E-state index contributed by atoms with van der Waals surface area (Å²) in [7, 11) is 0. The van der Waals surface area contributed by atoms with E-state index in [1.807, 2.05) is 18.7 Å². The van der Waals surface area contributed by atoms with E-state index in [1.165, 1.54) is 6.20 Å². The van der Waals surface area contributed by atoms with E-state index in [0.717, 1.165) is 18.8 Å². The van der Waals surface area contributed by atoms with E-state index in [9.17, 15) is 4.79 Å². The summed E-state index contributed by atoms with van der Waals surface area (Å²) in [5.74, 6) is 1.18. The van der Waals surface area contributed by atoms with Gasteiger partial charge < -0.3 is 9.42 Å². The molecule has 2 aromatic heterocycles. The third kappa shape index (κ3) is 3.37. The molecule has 8 nitrogen and oxygen atoms in total. The lowest BCUT2D eigenvalue weighted by atomic mass is 10.2. The molecule has 1 aliphatic rings. The fourth-order valence-electron chi connectivity index (χ4n) is 2.62. The van der Waals surface area contributed by atoms with Gasteiger partial charge in [0.05, 0.1) is 17.9 Å². The Bertz CT molecular complexity index is 676. The minimum Gasteiger partial charge on any atom is -0.338 e. The van der Waals surface area contributed by atoms with Crippen molar-refractivity contribution >= 4 is 5.91 Å². The summed E-state index contributed by atoms with van der Waals surface area (Å²) in [6.45, 7) is 8.49. The van der Waals surface area contributed by atoms with Crippen LogP contribution >= 0.6 is 0 Å². The van der Waals surface area contributed by atoms with Crippen LogP contribution in [0, 0.1) is 13.8 Å². The molecular weight excluding hydrogens is 296 g/mol. The fraction of sp³-hybridized carbons (Fsp3) is 0.533. The van der Waals surface area contributed by atoms with Crippen LogP contribution in [-0.2, 0) is 0 Å². The van der Waals surface area contributed by atoms with E-state index in [0.29, 0.717) is 30.5 Å². The molecular formula is C15H20N6O2. The van der Waals surface area contributed by atoms with Gasteiger partial charge in [0.25, 0.3) is 5.91 Å². The first-order valence-electron chi connectivity index (χ1n) is 7.67. The first-order chi connectivity index (χ1) is 11.0. The number of hydrogen-bond acceptors (Lipinski definition) is 7. The maximum absolute atomic E-state index is 12.4. The van der Waals surface area contributed by atoms with Gasteiger partial charge in [0.2, 0.25) is 5.89 Å². The van der Waals surface area contributed by atoms with Crippen LogP contribution in [0.15, 0.2) is 16.9 Å². The molecule has 0 N–H and O–H groups in total. The van der Waals surface area contributed by atoms with Gasteiger partial charge in [-0.05, 0) is 20.8 Å². The number of carbonyl (C=O) groups is 1. The predicted octanol–water partition coefficient (Wildman–Crippen LogP) is 0.995. The first kappa shape index (κ1) is 15.5. The molecule has 1 aliphatic heterocycles. The zero-order valence-electron chi connectivity index (χ0n) is 13.6. The SMILES string of the molecule is Cc1cnc(C(=O)N2CCN(C(C)c3nc(C)no3)CC2)cn1. The van der Waals surface area contributed by atoms with Crippen molar-refractivity contribution < 1.29 is 9.32 Å². The zero-order chi connectivity index (χ0) is 16.4. The molecule has 0 bridgehead atoms. The molecule has 2 aromatic rings. The van der Waals surface area contributed by atoms with Crippen LogP contribution in [0.5, 0.6) is 0 Å². The van der Waals surface area contributed by atoms with Gasteiger partial charge in [-0.25, -0.2) is 4.98 Å². The second-order valence-corrected chi connectivity index (χ2v) is 5.73. The average Bonchev–Trinajstić information content (AvgIpc) is 3.01. The number of aromatic nitrogens is 4. The lowest BCUT2D eigenvalue weighted by molar-refractivity contribution is 0.0546. The number of nitrogens with zero attached hydrogens (tertiary/aromatic N) is 6. The highest BCUT2D eigenvalue weighted by Gasteiger charge is 2.28. The normalized spacial score (nSPS) is 17.3. The molecule has 3 rings (SSSR count). The van der Waals surface area contributed by atoms with Crippen molar-refractivity contribution in [1.29, 1.82) is 0 Å². The predicted molar refractivity (Wildman–Crippen MR) is 81.7 cm³/mol. The highest BCUT2D eigenvalue weighted by Crippen LogP contribution is 2.20. The van der Waals surface area contributed by atoms with E-state index >= 15 is 0 Å². The number of carbonyl (C=O) groups excluding carboxylic acids is 1. The van der Waals surface area contributed by atoms with Crippen LogP contribution in [0.25, 0.3) is 0 Å². The molecule has 1 saturated heterocycles. The van der Waals surface area contributed by atoms with Gasteiger partial charge in [0.1, 0.15) is 5.69 Å². The van der Waals surface area contributed by atoms with Gasteiger partial charge >= 0.3 is 0 Å². The van der Waals surface area contributed by atoms with Crippen molar-refractivity contribution in [1.82, 2.24) is 29.9 Å². The van der Waals surface area contributed by atoms with E-state index in [2.05, 4.69) is 25.0 Å². The minimum absolute atomic E-state index is 0.0487. The molecule has 0 aromatic carbocycles. The molecule has 0 saturated carbocycles. The zero-order valence-corrected chi connectivity index (χ0v) is 13.6. The Labute approximate surface area is 134 Å². The Kier molecular flexibility index (Phi) is 4.33. The van der Waals surface area contributed by atoms with Gasteiger partial charge in [0.15, 0.2) is 5.82 Å². The van der Waals surface area contributed by atoms with Gasteiger partial charge in [0, 0.05) is 32.4 Å². The van der Waals surface area contributed by atoms with E-state index in [-0.39, 0.29) is 11.9 Å². The number of amides is 1. The molecule has 23 heavy (non-hydrogen) atoms. The van der Waals surface area contributed by atoms with Crippen LogP contribution in [0.2, 0.25) is 0 Å². The van der Waals surface area contributed by atoms with Crippen molar-refractivity contribution in [3.63, 3.8) is 0 Å². The van der Waals surface area contributed by atoms with Gasteiger partial charge in [-0.1, -0.05) is 5.16 Å². The molecule has 1 unspecified atom stereocenters. The smallest absolute Gasteiger partial charge is 0.274 e. The van der Waals surface area contributed by atoms with Crippen LogP contribution in [-0.4, -0.2) is 62.0 Å². The second kappa shape index (κ2) is 6.41. The maximum Gasteiger partial charge on any atom is 0.274 e. The lowest BCUT2D eigenvalue weighted by Gasteiger charge is -2.36. The lowest BCUT2D eigenvalue weighted by Crippen LogP contribution is -2.49. The fourth-order valence-corrected chi connectivity index (χ4v) is 2.62. The Morgan fingerprint density at radius 1 is 1.17 bits per heavy atom. The number of rotatable bonds is 3. The van der Waals surface area contributed by atoms with Crippen LogP contribution in [0.1, 0.15) is 40.9 Å². The Hall–Kier alpha value is -2.35. The molecule has 3 heterocycles. The maximum atomic E-state index is 12.4. The average molecular weight is 316 g/mol. The second-order valence-electron chi connectivity index (χ2n) is 5.73. The van der Waals surface area contributed by atoms with E-state index in [1.54, 1.807) is 13.1 Å². The Balaban J connectivity index is 1.59. The summed E-state index contributed by atoms with van der Waals surface area (Å²) in [6.07, 6.45) is 3.15. The van der Waals surface area contributed by atoms with Crippen molar-refractivity contribution in [2.45, 2.75) is 26.8 Å². The summed E-state index contributed by atoms with van der Waals surface area (Å²) >= 11 is 0. The highest BCUT2D eigenvalue weighted by molar-refractivity contribution is 5.92. The molecule has 1 fully saturated rings. The van der Waals surface area contributed by atoms with Crippen molar-refractivity contribution in [2.24, 2.45) is 0 Å². The molecule has 0 spiro atoms. The topological polar surface area (TPSA) is 88.3 Å². The van der Waals surface area contributed by atoms with E-state index < -0.39 is 0 Å². The number of hydrogen-bond donors (Lipinski definition) is 0. The summed E-state index contributed by atoms with van der Waals surface area (Å²) in [6, 6.07) is 0.0487. The minimum atomic E-state index is -0.0709. The summed E-state index contributed by atoms with van der Waals surface area (Å²) in [4.78, 5) is 29.0. The van der Waals surface area contributed by atoms with E-state index in [4.69, 9.17) is 4.52 Å².